The summed E-state index contributed by atoms with van der Waals surface area (Å²) < 4.78 is 28.3. The average Bonchev–Trinajstić information content (AvgIpc) is 3.21. The van der Waals surface area contributed by atoms with Crippen molar-refractivity contribution in [3.8, 4) is 23.0 Å². The van der Waals surface area contributed by atoms with Gasteiger partial charge in [0, 0.05) is 13.8 Å². The summed E-state index contributed by atoms with van der Waals surface area (Å²) in [7, 11) is 2.88. The molecule has 1 atom stereocenters. The van der Waals surface area contributed by atoms with Crippen molar-refractivity contribution in [3.05, 3.63) is 78.5 Å². The number of nitrogens with zero attached hydrogens (tertiary/aromatic N) is 2. The highest BCUT2D eigenvalue weighted by molar-refractivity contribution is 7.07. The van der Waals surface area contributed by atoms with Crippen LogP contribution in [0.2, 0.25) is 0 Å². The summed E-state index contributed by atoms with van der Waals surface area (Å²) in [6.45, 7) is 6.04. The van der Waals surface area contributed by atoms with Gasteiger partial charge in [-0.05, 0) is 55.3 Å². The van der Waals surface area contributed by atoms with Gasteiger partial charge >= 0.3 is 17.9 Å². The van der Waals surface area contributed by atoms with Gasteiger partial charge in [-0.25, -0.2) is 9.79 Å². The highest BCUT2D eigenvalue weighted by Gasteiger charge is 2.34. The monoisotopic (exact) mass is 580 g/mol. The maximum absolute atomic E-state index is 13.9. The lowest BCUT2D eigenvalue weighted by atomic mass is 9.95. The van der Waals surface area contributed by atoms with E-state index in [1.165, 1.54) is 38.7 Å². The minimum Gasteiger partial charge on any atom is -0.493 e. The first kappa shape index (κ1) is 29.3. The Morgan fingerprint density at radius 2 is 1.61 bits per heavy atom. The van der Waals surface area contributed by atoms with E-state index in [-0.39, 0.29) is 29.4 Å². The SMILES string of the molecule is CCOC(=O)C1=C(C)N=c2s/c(=C/c3ccc(OC)c(OC(C)=O)c3)c(=O)n2[C@@H]1c1ccc(OC(C)=O)c(OC)c1. The Bertz CT molecular complexity index is 1750. The first-order valence-electron chi connectivity index (χ1n) is 12.5. The van der Waals surface area contributed by atoms with Crippen molar-refractivity contribution in [2.75, 3.05) is 20.8 Å². The number of aromatic nitrogens is 1. The number of hydrogen-bond acceptors (Lipinski definition) is 11. The summed E-state index contributed by atoms with van der Waals surface area (Å²) in [6, 6.07) is 8.82. The third-order valence-corrected chi connectivity index (χ3v) is 7.00. The van der Waals surface area contributed by atoms with Crippen LogP contribution in [0.4, 0.5) is 0 Å². The van der Waals surface area contributed by atoms with Crippen LogP contribution in [0.5, 0.6) is 23.0 Å². The fourth-order valence-corrected chi connectivity index (χ4v) is 5.42. The van der Waals surface area contributed by atoms with Gasteiger partial charge in [-0.3, -0.25) is 19.0 Å². The molecule has 12 heteroatoms. The van der Waals surface area contributed by atoms with Gasteiger partial charge in [0.25, 0.3) is 5.56 Å². The van der Waals surface area contributed by atoms with E-state index in [4.69, 9.17) is 23.7 Å². The van der Waals surface area contributed by atoms with Gasteiger partial charge in [0.2, 0.25) is 0 Å². The zero-order valence-electron chi connectivity index (χ0n) is 23.3. The van der Waals surface area contributed by atoms with E-state index >= 15 is 0 Å². The third kappa shape index (κ3) is 6.07. The number of benzene rings is 2. The topological polar surface area (TPSA) is 132 Å². The predicted molar refractivity (Wildman–Crippen MR) is 149 cm³/mol. The van der Waals surface area contributed by atoms with Crippen molar-refractivity contribution in [2.24, 2.45) is 4.99 Å². The van der Waals surface area contributed by atoms with Crippen molar-refractivity contribution in [1.82, 2.24) is 4.57 Å². The van der Waals surface area contributed by atoms with Gasteiger partial charge in [-0.1, -0.05) is 23.5 Å². The molecule has 1 aromatic heterocycles. The molecule has 0 spiro atoms. The molecule has 0 fully saturated rings. The van der Waals surface area contributed by atoms with E-state index < -0.39 is 29.5 Å². The maximum atomic E-state index is 13.9. The zero-order valence-corrected chi connectivity index (χ0v) is 24.1. The largest absolute Gasteiger partial charge is 0.493 e. The quantitative estimate of drug-likeness (QED) is 0.291. The number of allylic oxidation sites excluding steroid dienone is 1. The van der Waals surface area contributed by atoms with E-state index in [0.717, 1.165) is 11.3 Å². The minimum absolute atomic E-state index is 0.129. The Hall–Kier alpha value is -4.71. The molecule has 0 N–H and O–H groups in total. The van der Waals surface area contributed by atoms with Crippen LogP contribution in [0.25, 0.3) is 6.08 Å². The maximum Gasteiger partial charge on any atom is 0.338 e. The van der Waals surface area contributed by atoms with Crippen molar-refractivity contribution in [3.63, 3.8) is 0 Å². The molecule has 0 amide bonds. The molecule has 1 aliphatic heterocycles. The Morgan fingerprint density at radius 1 is 0.951 bits per heavy atom. The summed E-state index contributed by atoms with van der Waals surface area (Å²) in [4.78, 5) is 55.1. The first-order valence-corrected chi connectivity index (χ1v) is 13.3. The van der Waals surface area contributed by atoms with E-state index in [0.29, 0.717) is 31.9 Å². The van der Waals surface area contributed by atoms with Crippen LogP contribution in [0.15, 0.2) is 57.5 Å². The van der Waals surface area contributed by atoms with E-state index in [1.807, 2.05) is 0 Å². The molecule has 2 aromatic carbocycles. The number of fused-ring (bicyclic) bond motifs is 1. The predicted octanol–water partition coefficient (Wildman–Crippen LogP) is 2.67. The fraction of sp³-hybridized carbons (Fsp3) is 0.276. The number of carbonyl (C=O) groups excluding carboxylic acids is 3. The van der Waals surface area contributed by atoms with Crippen LogP contribution in [-0.2, 0) is 19.1 Å². The highest BCUT2D eigenvalue weighted by atomic mass is 32.1. The molecule has 1 aliphatic rings. The lowest BCUT2D eigenvalue weighted by Gasteiger charge is -2.25. The summed E-state index contributed by atoms with van der Waals surface area (Å²) in [5, 5.41) is 0. The Morgan fingerprint density at radius 3 is 2.24 bits per heavy atom. The van der Waals surface area contributed by atoms with Crippen LogP contribution >= 0.6 is 11.3 Å². The van der Waals surface area contributed by atoms with Gasteiger partial charge in [-0.2, -0.15) is 0 Å². The summed E-state index contributed by atoms with van der Waals surface area (Å²) in [5.74, 6) is -0.650. The Kier molecular flexibility index (Phi) is 8.72. The Balaban J connectivity index is 1.92. The molecule has 0 bridgehead atoms. The van der Waals surface area contributed by atoms with Gasteiger partial charge < -0.3 is 23.7 Å². The van der Waals surface area contributed by atoms with Gasteiger partial charge in [-0.15, -0.1) is 0 Å². The molecule has 41 heavy (non-hydrogen) atoms. The van der Waals surface area contributed by atoms with Crippen molar-refractivity contribution in [1.29, 1.82) is 0 Å². The number of methoxy groups -OCH3 is 2. The molecule has 0 saturated carbocycles. The van der Waals surface area contributed by atoms with Crippen LogP contribution in [0.1, 0.15) is 44.9 Å². The lowest BCUT2D eigenvalue weighted by Crippen LogP contribution is -2.40. The second-order valence-electron chi connectivity index (χ2n) is 8.81. The number of esters is 3. The summed E-state index contributed by atoms with van der Waals surface area (Å²) in [6.07, 6.45) is 1.64. The average molecular weight is 581 g/mol. The zero-order chi connectivity index (χ0) is 29.8. The van der Waals surface area contributed by atoms with Crippen molar-refractivity contribution >= 4 is 35.3 Å². The summed E-state index contributed by atoms with van der Waals surface area (Å²) >= 11 is 1.14. The van der Waals surface area contributed by atoms with Gasteiger partial charge in [0.05, 0.1) is 42.7 Å². The third-order valence-electron chi connectivity index (χ3n) is 6.01. The molecule has 0 aliphatic carbocycles. The smallest absolute Gasteiger partial charge is 0.338 e. The van der Waals surface area contributed by atoms with Gasteiger partial charge in [0.1, 0.15) is 0 Å². The highest BCUT2D eigenvalue weighted by Crippen LogP contribution is 2.36. The minimum atomic E-state index is -0.903. The molecular weight excluding hydrogens is 552 g/mol. The van der Waals surface area contributed by atoms with Crippen LogP contribution in [0.3, 0.4) is 0 Å². The normalized spacial score (nSPS) is 14.6. The molecule has 2 heterocycles. The fourth-order valence-electron chi connectivity index (χ4n) is 4.37. The number of carbonyl (C=O) groups is 3. The van der Waals surface area contributed by atoms with Crippen LogP contribution < -0.4 is 33.8 Å². The second-order valence-corrected chi connectivity index (χ2v) is 9.82. The van der Waals surface area contributed by atoms with Crippen LogP contribution in [-0.4, -0.2) is 43.3 Å². The lowest BCUT2D eigenvalue weighted by molar-refractivity contribution is -0.139. The molecule has 0 radical (unpaired) electrons. The van der Waals surface area contributed by atoms with Crippen molar-refractivity contribution in [2.45, 2.75) is 33.7 Å². The van der Waals surface area contributed by atoms with E-state index in [9.17, 15) is 19.2 Å². The molecule has 0 saturated heterocycles. The van der Waals surface area contributed by atoms with Crippen molar-refractivity contribution < 1.29 is 38.1 Å². The number of hydrogen-bond donors (Lipinski definition) is 0. The molecular formula is C29H28N2O9S. The molecule has 4 rings (SSSR count). The van der Waals surface area contributed by atoms with Crippen LogP contribution in [0, 0.1) is 0 Å². The Labute approximate surface area is 238 Å². The molecule has 3 aromatic rings. The molecule has 214 valence electrons. The standard InChI is InChI=1S/C29H28N2O9S/c1-7-38-28(35)25-15(2)30-29-31(26(25)19-9-11-21(39-16(3)32)22(14-19)37-6)27(34)24(41-29)13-18-8-10-20(36-5)23(12-18)40-17(4)33/h8-14,26H,7H2,1-6H3/b24-13+/t26-/m1/s1. The molecule has 0 unspecified atom stereocenters. The summed E-state index contributed by atoms with van der Waals surface area (Å²) in [5.41, 5.74) is 1.28. The number of rotatable bonds is 8. The van der Waals surface area contributed by atoms with E-state index in [1.54, 1.807) is 50.3 Å². The second kappa shape index (κ2) is 12.2. The molecule has 11 nitrogen and oxygen atoms in total. The first-order chi connectivity index (χ1) is 19.6. The number of thiazole rings is 1. The van der Waals surface area contributed by atoms with Gasteiger partial charge in [0.15, 0.2) is 27.8 Å². The number of ether oxygens (including phenoxy) is 5. The van der Waals surface area contributed by atoms with E-state index in [2.05, 4.69) is 4.99 Å².